The standard InChI is InChI=1S/C12H7Cl3N4O/c1-5(20)17-12-7(4-16)11(18-19-12)10-8(14)2-6(13)3-9(10)15/h2-3H,1H3,(H2,17,18,19,20). The molecule has 2 N–H and O–H groups in total. The topological polar surface area (TPSA) is 81.6 Å². The first-order valence-corrected chi connectivity index (χ1v) is 6.48. The lowest BCUT2D eigenvalue weighted by molar-refractivity contribution is -0.114. The Kier molecular flexibility index (Phi) is 4.19. The second-order valence-electron chi connectivity index (χ2n) is 3.86. The number of nitrogens with one attached hydrogen (secondary N) is 2. The number of aromatic nitrogens is 2. The molecule has 0 saturated carbocycles. The summed E-state index contributed by atoms with van der Waals surface area (Å²) in [6.07, 6.45) is 0. The van der Waals surface area contributed by atoms with Crippen LogP contribution in [0.25, 0.3) is 11.3 Å². The molecule has 0 fully saturated rings. The van der Waals surface area contributed by atoms with Crippen LogP contribution >= 0.6 is 34.8 Å². The smallest absolute Gasteiger partial charge is 0.222 e. The number of hydrogen-bond donors (Lipinski definition) is 2. The number of nitrogens with zero attached hydrogens (tertiary/aromatic N) is 2. The van der Waals surface area contributed by atoms with Crippen LogP contribution in [0.3, 0.4) is 0 Å². The van der Waals surface area contributed by atoms with E-state index in [9.17, 15) is 10.1 Å². The molecule has 20 heavy (non-hydrogen) atoms. The van der Waals surface area contributed by atoms with E-state index in [1.165, 1.54) is 19.1 Å². The molecule has 102 valence electrons. The van der Waals surface area contributed by atoms with Crippen LogP contribution < -0.4 is 5.32 Å². The first-order valence-electron chi connectivity index (χ1n) is 5.35. The van der Waals surface area contributed by atoms with Gasteiger partial charge in [-0.25, -0.2) is 0 Å². The monoisotopic (exact) mass is 328 g/mol. The number of halogens is 3. The van der Waals surface area contributed by atoms with Gasteiger partial charge in [-0.1, -0.05) is 34.8 Å². The summed E-state index contributed by atoms with van der Waals surface area (Å²) in [5, 5.41) is 19.1. The molecule has 1 aromatic carbocycles. The van der Waals surface area contributed by atoms with Crippen molar-refractivity contribution in [3.63, 3.8) is 0 Å². The van der Waals surface area contributed by atoms with Crippen LogP contribution in [0, 0.1) is 11.3 Å². The summed E-state index contributed by atoms with van der Waals surface area (Å²) in [5.41, 5.74) is 0.868. The van der Waals surface area contributed by atoms with E-state index in [1.54, 1.807) is 0 Å². The van der Waals surface area contributed by atoms with Gasteiger partial charge in [-0.05, 0) is 12.1 Å². The summed E-state index contributed by atoms with van der Waals surface area (Å²) in [7, 11) is 0. The fraction of sp³-hybridized carbons (Fsp3) is 0.0833. The maximum Gasteiger partial charge on any atom is 0.222 e. The van der Waals surface area contributed by atoms with Crippen LogP contribution in [0.1, 0.15) is 12.5 Å². The highest BCUT2D eigenvalue weighted by atomic mass is 35.5. The van der Waals surface area contributed by atoms with E-state index in [-0.39, 0.29) is 27.3 Å². The number of carbonyl (C=O) groups is 1. The van der Waals surface area contributed by atoms with Crippen molar-refractivity contribution in [3.05, 3.63) is 32.8 Å². The van der Waals surface area contributed by atoms with Gasteiger partial charge in [0.25, 0.3) is 0 Å². The lowest BCUT2D eigenvalue weighted by atomic mass is 10.1. The Morgan fingerprint density at radius 2 is 1.95 bits per heavy atom. The molecule has 1 aromatic heterocycles. The van der Waals surface area contributed by atoms with Crippen LogP contribution in [-0.4, -0.2) is 16.1 Å². The summed E-state index contributed by atoms with van der Waals surface area (Å²) in [6.45, 7) is 1.32. The molecule has 0 aliphatic heterocycles. The zero-order chi connectivity index (χ0) is 14.9. The van der Waals surface area contributed by atoms with E-state index in [0.717, 1.165) is 0 Å². The van der Waals surface area contributed by atoms with E-state index in [2.05, 4.69) is 15.5 Å². The molecule has 1 amide bonds. The first-order chi connectivity index (χ1) is 9.43. The number of anilines is 1. The van der Waals surface area contributed by atoms with Gasteiger partial charge in [-0.15, -0.1) is 0 Å². The average molecular weight is 330 g/mol. The van der Waals surface area contributed by atoms with Crippen molar-refractivity contribution >= 4 is 46.5 Å². The van der Waals surface area contributed by atoms with Crippen molar-refractivity contribution in [1.82, 2.24) is 10.2 Å². The number of H-pyrrole nitrogens is 1. The molecule has 0 aliphatic rings. The molecule has 0 bridgehead atoms. The van der Waals surface area contributed by atoms with Gasteiger partial charge in [-0.2, -0.15) is 10.4 Å². The zero-order valence-electron chi connectivity index (χ0n) is 10.1. The Morgan fingerprint density at radius 3 is 2.45 bits per heavy atom. The van der Waals surface area contributed by atoms with Crippen LogP contribution in [-0.2, 0) is 4.79 Å². The van der Waals surface area contributed by atoms with Gasteiger partial charge in [-0.3, -0.25) is 9.89 Å². The molecular weight excluding hydrogens is 323 g/mol. The molecule has 2 rings (SSSR count). The van der Waals surface area contributed by atoms with Crippen LogP contribution in [0.2, 0.25) is 15.1 Å². The fourth-order valence-electron chi connectivity index (χ4n) is 1.67. The Morgan fingerprint density at radius 1 is 1.35 bits per heavy atom. The highest BCUT2D eigenvalue weighted by Gasteiger charge is 2.20. The minimum Gasteiger partial charge on any atom is -0.308 e. The molecule has 0 radical (unpaired) electrons. The van der Waals surface area contributed by atoms with Gasteiger partial charge in [0.15, 0.2) is 5.82 Å². The van der Waals surface area contributed by atoms with Crippen LogP contribution in [0.4, 0.5) is 5.82 Å². The summed E-state index contributed by atoms with van der Waals surface area (Å²) in [4.78, 5) is 11.1. The Bertz CT molecular complexity index is 710. The highest BCUT2D eigenvalue weighted by Crippen LogP contribution is 2.39. The van der Waals surface area contributed by atoms with E-state index in [1.807, 2.05) is 6.07 Å². The lowest BCUT2D eigenvalue weighted by Gasteiger charge is -2.06. The summed E-state index contributed by atoms with van der Waals surface area (Å²) in [5.74, 6) is -0.218. The van der Waals surface area contributed by atoms with Crippen molar-refractivity contribution in [2.45, 2.75) is 6.92 Å². The van der Waals surface area contributed by atoms with Gasteiger partial charge in [0.1, 0.15) is 11.6 Å². The number of aromatic amines is 1. The quantitative estimate of drug-likeness (QED) is 0.877. The van der Waals surface area contributed by atoms with Crippen molar-refractivity contribution in [3.8, 4) is 17.3 Å². The second-order valence-corrected chi connectivity index (χ2v) is 5.11. The number of nitriles is 1. The Balaban J connectivity index is 2.63. The number of hydrogen-bond acceptors (Lipinski definition) is 3. The molecule has 0 saturated heterocycles. The third kappa shape index (κ3) is 2.73. The molecule has 5 nitrogen and oxygen atoms in total. The maximum absolute atomic E-state index is 11.1. The number of amides is 1. The first kappa shape index (κ1) is 14.7. The van der Waals surface area contributed by atoms with Gasteiger partial charge >= 0.3 is 0 Å². The van der Waals surface area contributed by atoms with Crippen molar-refractivity contribution < 1.29 is 4.79 Å². The Labute approximate surface area is 129 Å². The van der Waals surface area contributed by atoms with Gasteiger partial charge in [0, 0.05) is 17.5 Å². The second kappa shape index (κ2) is 5.71. The third-order valence-electron chi connectivity index (χ3n) is 2.43. The molecule has 2 aromatic rings. The lowest BCUT2D eigenvalue weighted by Crippen LogP contribution is -2.07. The molecule has 8 heteroatoms. The molecule has 0 unspecified atom stereocenters. The molecule has 1 heterocycles. The van der Waals surface area contributed by atoms with Crippen LogP contribution in [0.15, 0.2) is 12.1 Å². The number of benzene rings is 1. The van der Waals surface area contributed by atoms with Crippen LogP contribution in [0.5, 0.6) is 0 Å². The number of rotatable bonds is 2. The predicted octanol–water partition coefficient (Wildman–Crippen LogP) is 3.87. The van der Waals surface area contributed by atoms with E-state index in [0.29, 0.717) is 16.3 Å². The minimum absolute atomic E-state index is 0.122. The fourth-order valence-corrected chi connectivity index (χ4v) is 2.68. The predicted molar refractivity (Wildman–Crippen MR) is 78.1 cm³/mol. The zero-order valence-corrected chi connectivity index (χ0v) is 12.4. The third-order valence-corrected chi connectivity index (χ3v) is 3.24. The average Bonchev–Trinajstić information content (AvgIpc) is 2.69. The normalized spacial score (nSPS) is 10.2. The van der Waals surface area contributed by atoms with E-state index < -0.39 is 0 Å². The van der Waals surface area contributed by atoms with Crippen molar-refractivity contribution in [2.75, 3.05) is 5.32 Å². The van der Waals surface area contributed by atoms with Crippen molar-refractivity contribution in [1.29, 1.82) is 5.26 Å². The molecule has 0 atom stereocenters. The summed E-state index contributed by atoms with van der Waals surface area (Å²) < 4.78 is 0. The van der Waals surface area contributed by atoms with E-state index >= 15 is 0 Å². The van der Waals surface area contributed by atoms with Gasteiger partial charge in [0.2, 0.25) is 5.91 Å². The van der Waals surface area contributed by atoms with Gasteiger partial charge < -0.3 is 5.32 Å². The summed E-state index contributed by atoms with van der Waals surface area (Å²) >= 11 is 18.0. The summed E-state index contributed by atoms with van der Waals surface area (Å²) in [6, 6.07) is 4.97. The molecule has 0 aliphatic carbocycles. The number of carbonyl (C=O) groups excluding carboxylic acids is 1. The Hall–Kier alpha value is -1.74. The maximum atomic E-state index is 11.1. The van der Waals surface area contributed by atoms with E-state index in [4.69, 9.17) is 34.8 Å². The highest BCUT2D eigenvalue weighted by molar-refractivity contribution is 6.41. The molecule has 0 spiro atoms. The van der Waals surface area contributed by atoms with Gasteiger partial charge in [0.05, 0.1) is 15.7 Å². The SMILES string of the molecule is CC(=O)Nc1n[nH]c(-c2c(Cl)cc(Cl)cc2Cl)c1C#N. The van der Waals surface area contributed by atoms with Crippen molar-refractivity contribution in [2.24, 2.45) is 0 Å². The largest absolute Gasteiger partial charge is 0.308 e. The minimum atomic E-state index is -0.340. The molecular formula is C12H7Cl3N4O.